The van der Waals surface area contributed by atoms with E-state index in [9.17, 15) is 0 Å². The molecule has 16 heavy (non-hydrogen) atoms. The van der Waals surface area contributed by atoms with Crippen molar-refractivity contribution < 1.29 is 0 Å². The van der Waals surface area contributed by atoms with E-state index in [0.29, 0.717) is 6.54 Å². The first kappa shape index (κ1) is 11.6. The molecule has 0 spiro atoms. The minimum atomic E-state index is 0.504. The highest BCUT2D eigenvalue weighted by Crippen LogP contribution is 2.32. The van der Waals surface area contributed by atoms with Crippen LogP contribution in [0.25, 0.3) is 0 Å². The SMILES string of the molecule is NCc1c(Br)cccc1Sc1cnccn1. The molecule has 2 aromatic rings. The van der Waals surface area contributed by atoms with Gasteiger partial charge in [0, 0.05) is 28.3 Å². The van der Waals surface area contributed by atoms with Crippen LogP contribution in [0.2, 0.25) is 0 Å². The molecule has 0 atom stereocenters. The Morgan fingerprint density at radius 2 is 2.19 bits per heavy atom. The molecule has 1 aromatic carbocycles. The normalized spacial score (nSPS) is 10.4. The molecular weight excluding hydrogens is 286 g/mol. The first-order valence-corrected chi connectivity index (χ1v) is 6.33. The number of rotatable bonds is 3. The van der Waals surface area contributed by atoms with Gasteiger partial charge >= 0.3 is 0 Å². The zero-order chi connectivity index (χ0) is 11.4. The fraction of sp³-hybridized carbons (Fsp3) is 0.0909. The Kier molecular flexibility index (Phi) is 3.93. The standard InChI is InChI=1S/C11H10BrN3S/c12-9-2-1-3-10(8(9)6-13)16-11-7-14-4-5-15-11/h1-5,7H,6,13H2. The predicted molar refractivity (Wildman–Crippen MR) is 68.2 cm³/mol. The second kappa shape index (κ2) is 5.43. The largest absolute Gasteiger partial charge is 0.326 e. The third-order valence-corrected chi connectivity index (χ3v) is 3.80. The lowest BCUT2D eigenvalue weighted by Crippen LogP contribution is -1.99. The molecule has 0 aliphatic heterocycles. The molecule has 0 amide bonds. The van der Waals surface area contributed by atoms with Crippen molar-refractivity contribution in [3.05, 3.63) is 46.8 Å². The molecule has 3 nitrogen and oxygen atoms in total. The maximum Gasteiger partial charge on any atom is 0.119 e. The minimum absolute atomic E-state index is 0.504. The molecule has 0 saturated heterocycles. The number of nitrogens with two attached hydrogens (primary N) is 1. The second-order valence-corrected chi connectivity index (χ2v) is 4.98. The van der Waals surface area contributed by atoms with Crippen LogP contribution in [-0.4, -0.2) is 9.97 Å². The van der Waals surface area contributed by atoms with Gasteiger partial charge in [0.1, 0.15) is 5.03 Å². The Hall–Kier alpha value is -0.910. The van der Waals surface area contributed by atoms with Gasteiger partial charge in [-0.3, -0.25) is 4.98 Å². The molecule has 0 saturated carbocycles. The number of hydrogen-bond acceptors (Lipinski definition) is 4. The van der Waals surface area contributed by atoms with Gasteiger partial charge in [0.15, 0.2) is 0 Å². The maximum absolute atomic E-state index is 5.73. The first-order chi connectivity index (χ1) is 7.81. The van der Waals surface area contributed by atoms with Crippen LogP contribution in [0.3, 0.4) is 0 Å². The van der Waals surface area contributed by atoms with Gasteiger partial charge in [-0.05, 0) is 17.7 Å². The molecule has 1 heterocycles. The van der Waals surface area contributed by atoms with Crippen molar-refractivity contribution in [3.8, 4) is 0 Å². The molecule has 0 fully saturated rings. The van der Waals surface area contributed by atoms with Gasteiger partial charge in [0.2, 0.25) is 0 Å². The predicted octanol–water partition coefficient (Wildman–Crippen LogP) is 2.85. The molecule has 2 N–H and O–H groups in total. The van der Waals surface area contributed by atoms with E-state index >= 15 is 0 Å². The summed E-state index contributed by atoms with van der Waals surface area (Å²) in [6.45, 7) is 0.504. The topological polar surface area (TPSA) is 51.8 Å². The van der Waals surface area contributed by atoms with Gasteiger partial charge in [0.25, 0.3) is 0 Å². The molecule has 1 aromatic heterocycles. The highest BCUT2D eigenvalue weighted by molar-refractivity contribution is 9.10. The molecule has 2 rings (SSSR count). The van der Waals surface area contributed by atoms with E-state index < -0.39 is 0 Å². The zero-order valence-electron chi connectivity index (χ0n) is 8.43. The lowest BCUT2D eigenvalue weighted by Gasteiger charge is -2.08. The van der Waals surface area contributed by atoms with Gasteiger partial charge in [0.05, 0.1) is 6.20 Å². The van der Waals surface area contributed by atoms with E-state index in [1.807, 2.05) is 18.2 Å². The summed E-state index contributed by atoms with van der Waals surface area (Å²) >= 11 is 5.06. The van der Waals surface area contributed by atoms with E-state index in [0.717, 1.165) is 20.0 Å². The van der Waals surface area contributed by atoms with Crippen LogP contribution < -0.4 is 5.73 Å². The highest BCUT2D eigenvalue weighted by Gasteiger charge is 2.07. The number of hydrogen-bond donors (Lipinski definition) is 1. The van der Waals surface area contributed by atoms with Gasteiger partial charge in [-0.1, -0.05) is 33.8 Å². The number of halogens is 1. The summed E-state index contributed by atoms with van der Waals surface area (Å²) in [5, 5.41) is 0.871. The van der Waals surface area contributed by atoms with E-state index in [1.165, 1.54) is 0 Å². The average molecular weight is 296 g/mol. The second-order valence-electron chi connectivity index (χ2n) is 3.07. The quantitative estimate of drug-likeness (QED) is 0.946. The van der Waals surface area contributed by atoms with E-state index in [4.69, 9.17) is 5.73 Å². The molecule has 0 radical (unpaired) electrons. The Morgan fingerprint density at radius 1 is 1.31 bits per heavy atom. The van der Waals surface area contributed by atoms with Gasteiger partial charge in [-0.15, -0.1) is 0 Å². The van der Waals surface area contributed by atoms with Crippen LogP contribution >= 0.6 is 27.7 Å². The minimum Gasteiger partial charge on any atom is -0.326 e. The molecule has 0 aliphatic carbocycles. The molecule has 5 heteroatoms. The summed E-state index contributed by atoms with van der Waals surface area (Å²) in [5.74, 6) is 0. The van der Waals surface area contributed by atoms with Crippen LogP contribution in [0.4, 0.5) is 0 Å². The van der Waals surface area contributed by atoms with Crippen LogP contribution in [0.5, 0.6) is 0 Å². The Bertz CT molecular complexity index is 476. The van der Waals surface area contributed by atoms with Crippen molar-refractivity contribution in [1.82, 2.24) is 9.97 Å². The summed E-state index contributed by atoms with van der Waals surface area (Å²) in [4.78, 5) is 9.36. The van der Waals surface area contributed by atoms with Crippen LogP contribution in [0.1, 0.15) is 5.56 Å². The zero-order valence-corrected chi connectivity index (χ0v) is 10.8. The highest BCUT2D eigenvalue weighted by atomic mass is 79.9. The summed E-state index contributed by atoms with van der Waals surface area (Å²) in [6.07, 6.45) is 5.09. The Labute approximate surface area is 107 Å². The fourth-order valence-electron chi connectivity index (χ4n) is 1.28. The van der Waals surface area contributed by atoms with Crippen molar-refractivity contribution in [2.24, 2.45) is 5.73 Å². The maximum atomic E-state index is 5.73. The summed E-state index contributed by atoms with van der Waals surface area (Å²) < 4.78 is 1.03. The van der Waals surface area contributed by atoms with Crippen molar-refractivity contribution in [1.29, 1.82) is 0 Å². The van der Waals surface area contributed by atoms with E-state index in [-0.39, 0.29) is 0 Å². The molecule has 0 unspecified atom stereocenters. The molecule has 82 valence electrons. The van der Waals surface area contributed by atoms with Gasteiger partial charge < -0.3 is 5.73 Å². The van der Waals surface area contributed by atoms with E-state index in [2.05, 4.69) is 25.9 Å². The van der Waals surface area contributed by atoms with E-state index in [1.54, 1.807) is 30.4 Å². The third-order valence-electron chi connectivity index (χ3n) is 2.03. The van der Waals surface area contributed by atoms with Crippen LogP contribution in [0, 0.1) is 0 Å². The lowest BCUT2D eigenvalue weighted by atomic mass is 10.2. The molecule has 0 bridgehead atoms. The molecular formula is C11H10BrN3S. The van der Waals surface area contributed by atoms with Crippen molar-refractivity contribution in [2.45, 2.75) is 16.5 Å². The Balaban J connectivity index is 2.31. The van der Waals surface area contributed by atoms with Crippen LogP contribution in [0.15, 0.2) is 51.2 Å². The lowest BCUT2D eigenvalue weighted by molar-refractivity contribution is 1.01. The summed E-state index contributed by atoms with van der Waals surface area (Å²) in [5.41, 5.74) is 6.82. The smallest absolute Gasteiger partial charge is 0.119 e. The fourth-order valence-corrected chi connectivity index (χ4v) is 2.86. The summed E-state index contributed by atoms with van der Waals surface area (Å²) in [6, 6.07) is 6.01. The first-order valence-electron chi connectivity index (χ1n) is 4.72. The molecule has 0 aliphatic rings. The number of nitrogens with zero attached hydrogens (tertiary/aromatic N) is 2. The third kappa shape index (κ3) is 2.61. The average Bonchev–Trinajstić information content (AvgIpc) is 2.31. The van der Waals surface area contributed by atoms with Gasteiger partial charge in [-0.25, -0.2) is 4.98 Å². The number of benzene rings is 1. The van der Waals surface area contributed by atoms with Gasteiger partial charge in [-0.2, -0.15) is 0 Å². The number of aromatic nitrogens is 2. The monoisotopic (exact) mass is 295 g/mol. The van der Waals surface area contributed by atoms with Crippen molar-refractivity contribution in [2.75, 3.05) is 0 Å². The van der Waals surface area contributed by atoms with Crippen molar-refractivity contribution >= 4 is 27.7 Å². The Morgan fingerprint density at radius 3 is 2.88 bits per heavy atom. The van der Waals surface area contributed by atoms with Crippen LogP contribution in [-0.2, 0) is 6.54 Å². The van der Waals surface area contributed by atoms with Crippen molar-refractivity contribution in [3.63, 3.8) is 0 Å². The summed E-state index contributed by atoms with van der Waals surface area (Å²) in [7, 11) is 0.